The van der Waals surface area contributed by atoms with Gasteiger partial charge in [-0.3, -0.25) is 9.59 Å². The first-order valence-corrected chi connectivity index (χ1v) is 8.01. The van der Waals surface area contributed by atoms with Gasteiger partial charge in [-0.15, -0.1) is 0 Å². The highest BCUT2D eigenvalue weighted by atomic mass is 35.5. The number of carbonyl (C=O) groups is 2. The van der Waals surface area contributed by atoms with E-state index in [1.807, 2.05) is 0 Å². The van der Waals surface area contributed by atoms with Crippen LogP contribution in [0.2, 0.25) is 5.02 Å². The lowest BCUT2D eigenvalue weighted by molar-refractivity contribution is -0.137. The molecule has 0 N–H and O–H groups in total. The van der Waals surface area contributed by atoms with Crippen LogP contribution in [0.4, 0.5) is 18.9 Å². The lowest BCUT2D eigenvalue weighted by atomic mass is 9.73. The Morgan fingerprint density at radius 2 is 1.60 bits per heavy atom. The largest absolute Gasteiger partial charge is 0.417 e. The number of hydrogen-bond donors (Lipinski definition) is 0. The van der Waals surface area contributed by atoms with E-state index in [1.165, 1.54) is 6.07 Å². The second-order valence-electron chi connectivity index (χ2n) is 6.93. The van der Waals surface area contributed by atoms with Crippen LogP contribution in [-0.4, -0.2) is 23.0 Å². The first-order chi connectivity index (χ1) is 11.5. The maximum atomic E-state index is 13.1. The van der Waals surface area contributed by atoms with Crippen molar-refractivity contribution in [2.24, 2.45) is 11.8 Å². The topological polar surface area (TPSA) is 46.6 Å². The first kappa shape index (κ1) is 16.6. The predicted molar refractivity (Wildman–Crippen MR) is 83.0 cm³/mol. The molecule has 4 rings (SSSR count). The molecule has 25 heavy (non-hydrogen) atoms. The lowest BCUT2D eigenvalue weighted by Gasteiger charge is -2.25. The van der Waals surface area contributed by atoms with Gasteiger partial charge in [0.25, 0.3) is 0 Å². The van der Waals surface area contributed by atoms with Crippen molar-refractivity contribution in [2.45, 2.75) is 31.2 Å². The van der Waals surface area contributed by atoms with Crippen molar-refractivity contribution in [3.63, 3.8) is 0 Å². The van der Waals surface area contributed by atoms with E-state index < -0.39 is 51.6 Å². The van der Waals surface area contributed by atoms with Crippen LogP contribution < -0.4 is 4.90 Å². The summed E-state index contributed by atoms with van der Waals surface area (Å²) in [7, 11) is 0. The molecule has 8 heteroatoms. The molecule has 1 aromatic rings. The maximum Gasteiger partial charge on any atom is 0.417 e. The summed E-state index contributed by atoms with van der Waals surface area (Å²) in [6.45, 7) is 3.41. The van der Waals surface area contributed by atoms with Crippen molar-refractivity contribution in [1.82, 2.24) is 0 Å². The zero-order valence-electron chi connectivity index (χ0n) is 13.2. The van der Waals surface area contributed by atoms with Crippen molar-refractivity contribution in [2.75, 3.05) is 4.90 Å². The Balaban J connectivity index is 1.80. The Morgan fingerprint density at radius 3 is 2.08 bits per heavy atom. The summed E-state index contributed by atoms with van der Waals surface area (Å²) in [5, 5.41) is -0.487. The van der Waals surface area contributed by atoms with E-state index in [2.05, 4.69) is 0 Å². The van der Waals surface area contributed by atoms with Crippen LogP contribution in [0.15, 0.2) is 30.4 Å². The number of alkyl halides is 3. The van der Waals surface area contributed by atoms with E-state index in [9.17, 15) is 22.8 Å². The molecule has 2 fully saturated rings. The molecule has 3 aliphatic heterocycles. The summed E-state index contributed by atoms with van der Waals surface area (Å²) in [5.74, 6) is -2.61. The van der Waals surface area contributed by atoms with Crippen LogP contribution in [0.3, 0.4) is 0 Å². The highest BCUT2D eigenvalue weighted by Gasteiger charge is 2.70. The van der Waals surface area contributed by atoms with Gasteiger partial charge in [0.2, 0.25) is 11.8 Å². The number of imide groups is 1. The van der Waals surface area contributed by atoms with Gasteiger partial charge in [0.15, 0.2) is 0 Å². The molecule has 2 bridgehead atoms. The molecule has 0 aromatic heterocycles. The lowest BCUT2D eigenvalue weighted by Crippen LogP contribution is -2.39. The van der Waals surface area contributed by atoms with E-state index in [-0.39, 0.29) is 5.69 Å². The fourth-order valence-corrected chi connectivity index (χ4v) is 4.38. The third kappa shape index (κ3) is 2.05. The Bertz CT molecular complexity index is 816. The van der Waals surface area contributed by atoms with E-state index in [4.69, 9.17) is 16.3 Å². The van der Waals surface area contributed by atoms with Gasteiger partial charge in [-0.1, -0.05) is 23.8 Å². The Kier molecular flexibility index (Phi) is 3.09. The number of hydrogen-bond acceptors (Lipinski definition) is 3. The van der Waals surface area contributed by atoms with Gasteiger partial charge in [-0.05, 0) is 32.0 Å². The van der Waals surface area contributed by atoms with Gasteiger partial charge in [0.1, 0.15) is 0 Å². The third-order valence-corrected chi connectivity index (χ3v) is 5.57. The molecule has 0 aliphatic carbocycles. The number of anilines is 1. The summed E-state index contributed by atoms with van der Waals surface area (Å²) in [5.41, 5.74) is -3.08. The second kappa shape index (κ2) is 4.65. The molecular formula is C17H13ClF3NO3. The van der Waals surface area contributed by atoms with Crippen LogP contribution in [0.1, 0.15) is 19.4 Å². The van der Waals surface area contributed by atoms with Gasteiger partial charge >= 0.3 is 6.18 Å². The minimum absolute atomic E-state index is 0.132. The smallest absolute Gasteiger partial charge is 0.359 e. The number of carbonyl (C=O) groups excluding carboxylic acids is 2. The zero-order chi connectivity index (χ0) is 18.4. The van der Waals surface area contributed by atoms with Crippen LogP contribution in [0, 0.1) is 11.8 Å². The van der Waals surface area contributed by atoms with E-state index in [0.717, 1.165) is 17.0 Å². The van der Waals surface area contributed by atoms with E-state index >= 15 is 0 Å². The Hall–Kier alpha value is -1.86. The third-order valence-electron chi connectivity index (χ3n) is 5.24. The van der Waals surface area contributed by atoms with Crippen molar-refractivity contribution in [1.29, 1.82) is 0 Å². The van der Waals surface area contributed by atoms with E-state index in [0.29, 0.717) is 0 Å². The highest BCUT2D eigenvalue weighted by Crippen LogP contribution is 2.57. The van der Waals surface area contributed by atoms with Gasteiger partial charge in [0, 0.05) is 0 Å². The molecule has 0 unspecified atom stereocenters. The van der Waals surface area contributed by atoms with Crippen LogP contribution >= 0.6 is 11.6 Å². The number of nitrogens with zero attached hydrogens (tertiary/aromatic N) is 1. The summed E-state index contributed by atoms with van der Waals surface area (Å²) in [6.07, 6.45) is -1.20. The maximum absolute atomic E-state index is 13.1. The minimum Gasteiger partial charge on any atom is -0.359 e. The minimum atomic E-state index is -4.68. The van der Waals surface area contributed by atoms with Crippen LogP contribution in [0.5, 0.6) is 0 Å². The fraction of sp³-hybridized carbons (Fsp3) is 0.412. The normalized spacial score (nSPS) is 36.5. The molecule has 1 aromatic carbocycles. The molecular weight excluding hydrogens is 359 g/mol. The summed E-state index contributed by atoms with van der Waals surface area (Å²) < 4.78 is 45.1. The summed E-state index contributed by atoms with van der Waals surface area (Å²) in [4.78, 5) is 26.5. The molecule has 4 atom stereocenters. The van der Waals surface area contributed by atoms with Gasteiger partial charge < -0.3 is 4.74 Å². The van der Waals surface area contributed by atoms with E-state index in [1.54, 1.807) is 26.0 Å². The SMILES string of the molecule is C[C@]12C=C[C@@](C)(O1)[C@H]1C(=O)N(c3ccc(Cl)c(C(F)(F)F)c3)C(=O)[C@@H]12. The van der Waals surface area contributed by atoms with Crippen molar-refractivity contribution in [3.8, 4) is 0 Å². The molecule has 0 radical (unpaired) electrons. The van der Waals surface area contributed by atoms with Crippen LogP contribution in [0.25, 0.3) is 0 Å². The standard InChI is InChI=1S/C17H13ClF3NO3/c1-15-5-6-16(2,25-15)12-11(15)13(23)22(14(12)24)8-3-4-10(18)9(7-8)17(19,20)21/h3-7,11-12H,1-2H3/t11-,12-,15-,16-/m1/s1. The van der Waals surface area contributed by atoms with Gasteiger partial charge in [-0.25, -0.2) is 4.90 Å². The number of fused-ring (bicyclic) bond motifs is 5. The quantitative estimate of drug-likeness (QED) is 0.560. The average Bonchev–Trinajstić information content (AvgIpc) is 3.04. The number of rotatable bonds is 1. The highest BCUT2D eigenvalue weighted by molar-refractivity contribution is 6.31. The second-order valence-corrected chi connectivity index (χ2v) is 7.34. The molecule has 2 saturated heterocycles. The van der Waals surface area contributed by atoms with Crippen molar-refractivity contribution >= 4 is 29.1 Å². The average molecular weight is 372 g/mol. The first-order valence-electron chi connectivity index (χ1n) is 7.63. The molecule has 4 nitrogen and oxygen atoms in total. The number of amides is 2. The molecule has 3 aliphatic rings. The molecule has 0 saturated carbocycles. The monoisotopic (exact) mass is 371 g/mol. The molecule has 2 amide bonds. The number of ether oxygens (including phenoxy) is 1. The molecule has 132 valence electrons. The Morgan fingerprint density at radius 1 is 1.08 bits per heavy atom. The van der Waals surface area contributed by atoms with Gasteiger partial charge in [-0.2, -0.15) is 13.2 Å². The zero-order valence-corrected chi connectivity index (χ0v) is 14.0. The van der Waals surface area contributed by atoms with Crippen molar-refractivity contribution in [3.05, 3.63) is 40.9 Å². The fourth-order valence-electron chi connectivity index (χ4n) is 4.16. The molecule has 0 spiro atoms. The predicted octanol–water partition coefficient (Wildman–Crippen LogP) is 3.58. The van der Waals surface area contributed by atoms with Crippen LogP contribution in [-0.2, 0) is 20.5 Å². The molecule has 3 heterocycles. The summed E-state index contributed by atoms with van der Waals surface area (Å²) in [6, 6.07) is 3.02. The Labute approximate surface area is 146 Å². The number of halogens is 4. The van der Waals surface area contributed by atoms with Crippen molar-refractivity contribution < 1.29 is 27.5 Å². The number of benzene rings is 1. The van der Waals surface area contributed by atoms with Gasteiger partial charge in [0.05, 0.1) is 39.3 Å². The summed E-state index contributed by atoms with van der Waals surface area (Å²) >= 11 is 5.62.